The smallest absolute Gasteiger partial charge is 0.207 e. The van der Waals surface area contributed by atoms with Crippen LogP contribution in [-0.2, 0) is 10.0 Å². The summed E-state index contributed by atoms with van der Waals surface area (Å²) in [6.45, 7) is 9.31. The molecule has 5 heteroatoms. The molecule has 0 heterocycles. The van der Waals surface area contributed by atoms with Crippen LogP contribution in [0.25, 0.3) is 0 Å². The van der Waals surface area contributed by atoms with Crippen molar-refractivity contribution in [2.45, 2.75) is 51.9 Å². The zero-order chi connectivity index (χ0) is 16.1. The van der Waals surface area contributed by atoms with E-state index < -0.39 is 15.8 Å². The molecule has 0 aliphatic carbocycles. The molecule has 0 aromatic heterocycles. The Labute approximate surface area is 128 Å². The number of rotatable bonds is 7. The van der Waals surface area contributed by atoms with Gasteiger partial charge in [-0.25, -0.2) is 12.8 Å². The van der Waals surface area contributed by atoms with Crippen molar-refractivity contribution >= 4 is 10.0 Å². The molecule has 0 amide bonds. The van der Waals surface area contributed by atoms with Gasteiger partial charge in [-0.1, -0.05) is 34.1 Å². The van der Waals surface area contributed by atoms with Crippen LogP contribution in [-0.4, -0.2) is 25.8 Å². The summed E-state index contributed by atoms with van der Waals surface area (Å²) in [5.41, 5.74) is 0.0722. The average Bonchev–Trinajstić information content (AvgIpc) is 2.37. The molecule has 0 saturated carbocycles. The van der Waals surface area contributed by atoms with Crippen molar-refractivity contribution in [2.75, 3.05) is 13.1 Å². The van der Waals surface area contributed by atoms with Crippen molar-refractivity contribution < 1.29 is 12.8 Å². The van der Waals surface area contributed by atoms with Gasteiger partial charge in [0.05, 0.1) is 4.90 Å². The summed E-state index contributed by atoms with van der Waals surface area (Å²) >= 11 is 0. The molecule has 0 radical (unpaired) electrons. The maximum atomic E-state index is 13.0. The average molecular weight is 315 g/mol. The lowest BCUT2D eigenvalue weighted by Crippen LogP contribution is -2.34. The molecule has 1 rings (SSSR count). The number of halogens is 1. The highest BCUT2D eigenvalue weighted by atomic mass is 32.2. The third-order valence-electron chi connectivity index (χ3n) is 3.32. The Morgan fingerprint density at radius 1 is 1.10 bits per heavy atom. The zero-order valence-electron chi connectivity index (χ0n) is 13.4. The lowest BCUT2D eigenvalue weighted by Gasteiger charge is -2.26. The fraction of sp³-hybridized carbons (Fsp3) is 0.625. The third-order valence-corrected chi connectivity index (χ3v) is 5.24. The van der Waals surface area contributed by atoms with E-state index in [2.05, 4.69) is 20.8 Å². The lowest BCUT2D eigenvalue weighted by molar-refractivity contribution is 0.308. The molecule has 0 saturated heterocycles. The van der Waals surface area contributed by atoms with Gasteiger partial charge in [-0.2, -0.15) is 4.31 Å². The van der Waals surface area contributed by atoms with Crippen LogP contribution in [0.15, 0.2) is 29.2 Å². The van der Waals surface area contributed by atoms with E-state index >= 15 is 0 Å². The van der Waals surface area contributed by atoms with Crippen LogP contribution in [0, 0.1) is 11.2 Å². The molecule has 1 aromatic carbocycles. The summed E-state index contributed by atoms with van der Waals surface area (Å²) in [6, 6.07) is 5.05. The molecule has 120 valence electrons. The maximum absolute atomic E-state index is 13.0. The van der Waals surface area contributed by atoms with E-state index in [0.717, 1.165) is 19.3 Å². The van der Waals surface area contributed by atoms with E-state index in [4.69, 9.17) is 0 Å². The molecule has 0 aliphatic rings. The topological polar surface area (TPSA) is 37.4 Å². The number of hydrogen-bond donors (Lipinski definition) is 0. The molecule has 0 N–H and O–H groups in total. The first-order valence-electron chi connectivity index (χ1n) is 7.42. The largest absolute Gasteiger partial charge is 0.243 e. The van der Waals surface area contributed by atoms with Gasteiger partial charge in [-0.3, -0.25) is 0 Å². The quantitative estimate of drug-likeness (QED) is 0.761. The first kappa shape index (κ1) is 18.1. The zero-order valence-corrected chi connectivity index (χ0v) is 14.2. The molecule has 0 fully saturated rings. The number of hydrogen-bond acceptors (Lipinski definition) is 2. The highest BCUT2D eigenvalue weighted by molar-refractivity contribution is 7.89. The van der Waals surface area contributed by atoms with E-state index in [1.165, 1.54) is 28.6 Å². The summed E-state index contributed by atoms with van der Waals surface area (Å²) in [4.78, 5) is 0.161. The molecule has 1 aromatic rings. The SMILES string of the molecule is CCCCN(CCC(C)(C)C)S(=O)(=O)c1ccc(F)cc1. The number of nitrogens with zero attached hydrogens (tertiary/aromatic N) is 1. The van der Waals surface area contributed by atoms with Crippen LogP contribution in [0.2, 0.25) is 0 Å². The van der Waals surface area contributed by atoms with E-state index in [1.54, 1.807) is 0 Å². The van der Waals surface area contributed by atoms with Gasteiger partial charge in [0.2, 0.25) is 10.0 Å². The lowest BCUT2D eigenvalue weighted by atomic mass is 9.92. The molecule has 0 aliphatic heterocycles. The first-order valence-corrected chi connectivity index (χ1v) is 8.86. The Bertz CT molecular complexity index is 532. The predicted molar refractivity (Wildman–Crippen MR) is 84.1 cm³/mol. The van der Waals surface area contributed by atoms with Gasteiger partial charge >= 0.3 is 0 Å². The van der Waals surface area contributed by atoms with Gasteiger partial charge in [-0.05, 0) is 42.5 Å². The second kappa shape index (κ2) is 7.36. The van der Waals surface area contributed by atoms with Crippen LogP contribution in [0.5, 0.6) is 0 Å². The van der Waals surface area contributed by atoms with Crippen LogP contribution in [0.4, 0.5) is 4.39 Å². The van der Waals surface area contributed by atoms with Gasteiger partial charge in [0.1, 0.15) is 5.82 Å². The Morgan fingerprint density at radius 3 is 2.14 bits per heavy atom. The van der Waals surface area contributed by atoms with Crippen molar-refractivity contribution in [3.05, 3.63) is 30.1 Å². The molecule has 0 unspecified atom stereocenters. The number of sulfonamides is 1. The Balaban J connectivity index is 2.96. The minimum absolute atomic E-state index is 0.0722. The Kier molecular flexibility index (Phi) is 6.35. The monoisotopic (exact) mass is 315 g/mol. The molecule has 21 heavy (non-hydrogen) atoms. The van der Waals surface area contributed by atoms with Gasteiger partial charge in [0.25, 0.3) is 0 Å². The van der Waals surface area contributed by atoms with Gasteiger partial charge in [0.15, 0.2) is 0 Å². The summed E-state index contributed by atoms with van der Waals surface area (Å²) in [5, 5.41) is 0. The van der Waals surface area contributed by atoms with Crippen molar-refractivity contribution in [3.8, 4) is 0 Å². The van der Waals surface area contributed by atoms with Gasteiger partial charge in [0, 0.05) is 13.1 Å². The fourth-order valence-electron chi connectivity index (χ4n) is 1.90. The van der Waals surface area contributed by atoms with Gasteiger partial charge in [-0.15, -0.1) is 0 Å². The second-order valence-electron chi connectivity index (χ2n) is 6.52. The maximum Gasteiger partial charge on any atom is 0.243 e. The van der Waals surface area contributed by atoms with E-state index in [9.17, 15) is 12.8 Å². The fourth-order valence-corrected chi connectivity index (χ4v) is 3.38. The van der Waals surface area contributed by atoms with Crippen LogP contribution in [0.3, 0.4) is 0 Å². The number of unbranched alkanes of at least 4 members (excludes halogenated alkanes) is 1. The summed E-state index contributed by atoms with van der Waals surface area (Å²) < 4.78 is 39.8. The molecular formula is C16H26FNO2S. The Morgan fingerprint density at radius 2 is 1.67 bits per heavy atom. The summed E-state index contributed by atoms with van der Waals surface area (Å²) in [7, 11) is -3.55. The van der Waals surface area contributed by atoms with Crippen molar-refractivity contribution in [3.63, 3.8) is 0 Å². The first-order chi connectivity index (χ1) is 9.66. The van der Waals surface area contributed by atoms with E-state index in [-0.39, 0.29) is 10.3 Å². The molecule has 0 atom stereocenters. The van der Waals surface area contributed by atoms with Crippen LogP contribution < -0.4 is 0 Å². The molecule has 0 spiro atoms. The molecular weight excluding hydrogens is 289 g/mol. The standard InChI is InChI=1S/C16H26FNO2S/c1-5-6-12-18(13-11-16(2,3)4)21(19,20)15-9-7-14(17)8-10-15/h7-10H,5-6,11-13H2,1-4H3. The second-order valence-corrected chi connectivity index (χ2v) is 8.46. The minimum atomic E-state index is -3.55. The summed E-state index contributed by atoms with van der Waals surface area (Å²) in [5.74, 6) is -0.427. The van der Waals surface area contributed by atoms with E-state index in [1.807, 2.05) is 6.92 Å². The van der Waals surface area contributed by atoms with Crippen molar-refractivity contribution in [2.24, 2.45) is 5.41 Å². The predicted octanol–water partition coefficient (Wildman–Crippen LogP) is 4.05. The Hall–Kier alpha value is -0.940. The summed E-state index contributed by atoms with van der Waals surface area (Å²) in [6.07, 6.45) is 2.55. The molecule has 3 nitrogen and oxygen atoms in total. The van der Waals surface area contributed by atoms with Gasteiger partial charge < -0.3 is 0 Å². The normalized spacial score (nSPS) is 12.9. The van der Waals surface area contributed by atoms with Crippen LogP contribution >= 0.6 is 0 Å². The minimum Gasteiger partial charge on any atom is -0.207 e. The molecule has 0 bridgehead atoms. The highest BCUT2D eigenvalue weighted by Crippen LogP contribution is 2.23. The third kappa shape index (κ3) is 5.75. The van der Waals surface area contributed by atoms with Crippen molar-refractivity contribution in [1.82, 2.24) is 4.31 Å². The van der Waals surface area contributed by atoms with Crippen LogP contribution in [0.1, 0.15) is 47.0 Å². The van der Waals surface area contributed by atoms with Crippen molar-refractivity contribution in [1.29, 1.82) is 0 Å². The highest BCUT2D eigenvalue weighted by Gasteiger charge is 2.25. The number of benzene rings is 1. The van der Waals surface area contributed by atoms with E-state index in [0.29, 0.717) is 13.1 Å².